The van der Waals surface area contributed by atoms with Crippen LogP contribution in [0.3, 0.4) is 0 Å². The lowest BCUT2D eigenvalue weighted by Gasteiger charge is -2.41. The Morgan fingerprint density at radius 3 is 2.48 bits per heavy atom. The van der Waals surface area contributed by atoms with E-state index in [0.29, 0.717) is 16.7 Å². The fourth-order valence-electron chi connectivity index (χ4n) is 3.51. The Bertz CT molecular complexity index is 914. The maximum Gasteiger partial charge on any atom is 0.233 e. The Balaban J connectivity index is 0.000000343. The molecule has 4 rings (SSSR count). The van der Waals surface area contributed by atoms with Crippen LogP contribution in [0.5, 0.6) is 0 Å². The molecule has 2 aliphatic heterocycles. The van der Waals surface area contributed by atoms with Gasteiger partial charge in [0.1, 0.15) is 5.82 Å². The van der Waals surface area contributed by atoms with E-state index in [9.17, 15) is 12.8 Å². The second-order valence-electron chi connectivity index (χ2n) is 6.96. The lowest BCUT2D eigenvalue weighted by molar-refractivity contribution is -0.0809. The third-order valence-electron chi connectivity index (χ3n) is 4.96. The number of halogens is 2. The molecule has 3 atom stereocenters. The topological polar surface area (TPSA) is 67.4 Å². The van der Waals surface area contributed by atoms with Crippen LogP contribution >= 0.6 is 15.9 Å². The molecule has 2 N–H and O–H groups in total. The van der Waals surface area contributed by atoms with Crippen LogP contribution < -0.4 is 10.0 Å². The molecule has 1 fully saturated rings. The second kappa shape index (κ2) is 9.84. The molecule has 1 saturated heterocycles. The summed E-state index contributed by atoms with van der Waals surface area (Å²) in [6, 6.07) is 15.3. The van der Waals surface area contributed by atoms with Crippen molar-refractivity contribution in [3.05, 3.63) is 76.4 Å². The third kappa shape index (κ3) is 5.88. The van der Waals surface area contributed by atoms with Gasteiger partial charge in [0.2, 0.25) is 10.0 Å². The smallest absolute Gasteiger partial charge is 0.233 e. The first-order valence-corrected chi connectivity index (χ1v) is 11.7. The Kier molecular flexibility index (Phi) is 7.45. The SMILES string of the molecule is C=CS(=O)(=O)NCC1CCC2CNc3c(F)cc(Br)cc3C2O1.c1ccccc1. The van der Waals surface area contributed by atoms with Gasteiger partial charge in [-0.3, -0.25) is 0 Å². The third-order valence-corrected chi connectivity index (χ3v) is 6.42. The van der Waals surface area contributed by atoms with Crippen molar-refractivity contribution in [3.63, 3.8) is 0 Å². The van der Waals surface area contributed by atoms with Gasteiger partial charge in [-0.25, -0.2) is 17.5 Å². The Morgan fingerprint density at radius 1 is 1.21 bits per heavy atom. The molecular weight excluding hydrogens is 459 g/mol. The molecule has 2 aliphatic rings. The number of nitrogens with one attached hydrogen (secondary N) is 2. The number of sulfonamides is 1. The summed E-state index contributed by atoms with van der Waals surface area (Å²) in [6.07, 6.45) is 1.18. The van der Waals surface area contributed by atoms with Crippen LogP contribution in [0.25, 0.3) is 0 Å². The van der Waals surface area contributed by atoms with Gasteiger partial charge in [-0.2, -0.15) is 0 Å². The van der Waals surface area contributed by atoms with Crippen molar-refractivity contribution in [1.29, 1.82) is 0 Å². The highest BCUT2D eigenvalue weighted by Gasteiger charge is 2.37. The van der Waals surface area contributed by atoms with Crippen LogP contribution in [0.15, 0.2) is 65.0 Å². The van der Waals surface area contributed by atoms with Gasteiger partial charge < -0.3 is 10.1 Å². The summed E-state index contributed by atoms with van der Waals surface area (Å²) in [6.45, 7) is 4.11. The lowest BCUT2D eigenvalue weighted by Crippen LogP contribution is -2.41. The van der Waals surface area contributed by atoms with E-state index in [0.717, 1.165) is 23.8 Å². The minimum absolute atomic E-state index is 0.191. The van der Waals surface area contributed by atoms with Gasteiger partial charge >= 0.3 is 0 Å². The number of ether oxygens (including phenoxy) is 1. The molecule has 0 saturated carbocycles. The van der Waals surface area contributed by atoms with Crippen molar-refractivity contribution in [3.8, 4) is 0 Å². The van der Waals surface area contributed by atoms with Crippen LogP contribution in [0.4, 0.5) is 10.1 Å². The zero-order valence-electron chi connectivity index (χ0n) is 15.9. The maximum absolute atomic E-state index is 14.1. The van der Waals surface area contributed by atoms with Crippen LogP contribution in [0, 0.1) is 11.7 Å². The quantitative estimate of drug-likeness (QED) is 0.667. The molecule has 0 spiro atoms. The van der Waals surface area contributed by atoms with Crippen molar-refractivity contribution in [2.24, 2.45) is 5.92 Å². The van der Waals surface area contributed by atoms with E-state index >= 15 is 0 Å². The fourth-order valence-corrected chi connectivity index (χ4v) is 4.50. The first-order valence-electron chi connectivity index (χ1n) is 9.40. The van der Waals surface area contributed by atoms with Gasteiger partial charge in [0.15, 0.2) is 0 Å². The number of hydrogen-bond acceptors (Lipinski definition) is 4. The highest BCUT2D eigenvalue weighted by Crippen LogP contribution is 2.44. The molecular formula is C21H24BrFN2O3S. The van der Waals surface area contributed by atoms with Gasteiger partial charge in [-0.05, 0) is 25.0 Å². The summed E-state index contributed by atoms with van der Waals surface area (Å²) < 4.78 is 46.2. The number of benzene rings is 2. The van der Waals surface area contributed by atoms with Gasteiger partial charge in [-0.1, -0.05) is 58.9 Å². The van der Waals surface area contributed by atoms with Crippen molar-refractivity contribution in [1.82, 2.24) is 4.72 Å². The zero-order chi connectivity index (χ0) is 20.9. The molecule has 2 aromatic carbocycles. The molecule has 156 valence electrons. The van der Waals surface area contributed by atoms with Crippen molar-refractivity contribution in [2.75, 3.05) is 18.4 Å². The minimum Gasteiger partial charge on any atom is -0.382 e. The summed E-state index contributed by atoms with van der Waals surface area (Å²) in [7, 11) is -3.47. The van der Waals surface area contributed by atoms with Crippen LogP contribution in [0.1, 0.15) is 24.5 Å². The standard InChI is InChI=1S/C15H18BrFN2O3S.C6H6/c1-2-23(20,21)19-8-11-4-3-9-7-18-14-12(15(9)22-11)5-10(16)6-13(14)17;1-2-4-6-5-3-1/h2,5-6,9,11,15,18-19H,1,3-4,7-8H2;1-6H. The van der Waals surface area contributed by atoms with Gasteiger partial charge in [0.05, 0.1) is 17.9 Å². The molecule has 0 aliphatic carbocycles. The first kappa shape index (κ1) is 22.0. The summed E-state index contributed by atoms with van der Waals surface area (Å²) in [5.74, 6) is -0.0608. The van der Waals surface area contributed by atoms with E-state index in [2.05, 4.69) is 32.5 Å². The molecule has 0 bridgehead atoms. The predicted octanol–water partition coefficient (Wildman–Crippen LogP) is 4.60. The van der Waals surface area contributed by atoms with E-state index in [4.69, 9.17) is 4.74 Å². The number of rotatable bonds is 4. The van der Waals surface area contributed by atoms with Crippen molar-refractivity contribution >= 4 is 31.6 Å². The van der Waals surface area contributed by atoms with E-state index in [1.807, 2.05) is 42.5 Å². The normalized spacial score (nSPS) is 22.9. The van der Waals surface area contributed by atoms with Gasteiger partial charge in [-0.15, -0.1) is 0 Å². The molecule has 8 heteroatoms. The average Bonchev–Trinajstić information content (AvgIpc) is 2.74. The molecule has 3 unspecified atom stereocenters. The van der Waals surface area contributed by atoms with E-state index in [1.54, 1.807) is 0 Å². The summed E-state index contributed by atoms with van der Waals surface area (Å²) >= 11 is 3.31. The number of anilines is 1. The first-order chi connectivity index (χ1) is 13.9. The zero-order valence-corrected chi connectivity index (χ0v) is 18.3. The van der Waals surface area contributed by atoms with E-state index in [1.165, 1.54) is 6.07 Å². The monoisotopic (exact) mass is 482 g/mol. The van der Waals surface area contributed by atoms with Gasteiger partial charge in [0.25, 0.3) is 0 Å². The number of fused-ring (bicyclic) bond motifs is 3. The van der Waals surface area contributed by atoms with Gasteiger partial charge in [0, 0.05) is 34.5 Å². The molecule has 2 heterocycles. The second-order valence-corrected chi connectivity index (χ2v) is 9.59. The molecule has 0 aromatic heterocycles. The Hall–Kier alpha value is -1.74. The fraction of sp³-hybridized carbons (Fsp3) is 0.333. The van der Waals surface area contributed by atoms with Crippen LogP contribution in [0.2, 0.25) is 0 Å². The molecule has 0 amide bonds. The highest BCUT2D eigenvalue weighted by molar-refractivity contribution is 9.10. The number of hydrogen-bond donors (Lipinski definition) is 2. The van der Waals surface area contributed by atoms with E-state index in [-0.39, 0.29) is 30.5 Å². The summed E-state index contributed by atoms with van der Waals surface area (Å²) in [4.78, 5) is 0. The highest BCUT2D eigenvalue weighted by atomic mass is 79.9. The molecule has 2 aromatic rings. The average molecular weight is 483 g/mol. The molecule has 0 radical (unpaired) electrons. The predicted molar refractivity (Wildman–Crippen MR) is 116 cm³/mol. The lowest BCUT2D eigenvalue weighted by atomic mass is 9.84. The Morgan fingerprint density at radius 2 is 1.86 bits per heavy atom. The van der Waals surface area contributed by atoms with Crippen molar-refractivity contribution < 1.29 is 17.5 Å². The van der Waals surface area contributed by atoms with Crippen molar-refractivity contribution in [2.45, 2.75) is 25.0 Å². The molecule has 5 nitrogen and oxygen atoms in total. The van der Waals surface area contributed by atoms with E-state index < -0.39 is 10.0 Å². The van der Waals surface area contributed by atoms with Crippen LogP contribution in [-0.4, -0.2) is 27.6 Å². The summed E-state index contributed by atoms with van der Waals surface area (Å²) in [5, 5.41) is 4.02. The summed E-state index contributed by atoms with van der Waals surface area (Å²) in [5.41, 5.74) is 1.26. The largest absolute Gasteiger partial charge is 0.382 e. The Labute approximate surface area is 179 Å². The molecule has 29 heavy (non-hydrogen) atoms. The minimum atomic E-state index is -3.47. The maximum atomic E-state index is 14.1. The van der Waals surface area contributed by atoms with Crippen LogP contribution in [-0.2, 0) is 14.8 Å².